The van der Waals surface area contributed by atoms with Crippen molar-refractivity contribution in [2.45, 2.75) is 26.1 Å². The molecule has 1 fully saturated rings. The lowest BCUT2D eigenvalue weighted by molar-refractivity contribution is -0.137. The molecule has 0 N–H and O–H groups in total. The van der Waals surface area contributed by atoms with Gasteiger partial charge in [0.1, 0.15) is 0 Å². The van der Waals surface area contributed by atoms with Gasteiger partial charge in [0.05, 0.1) is 12.2 Å². The summed E-state index contributed by atoms with van der Waals surface area (Å²) in [6, 6.07) is 14.4. The Morgan fingerprint density at radius 3 is 2.55 bits per heavy atom. The molecule has 3 nitrogen and oxygen atoms in total. The van der Waals surface area contributed by atoms with Gasteiger partial charge in [0.2, 0.25) is 5.91 Å². The molecule has 0 unspecified atom stereocenters. The average molecular weight is 295 g/mol. The van der Waals surface area contributed by atoms with Crippen LogP contribution in [0.3, 0.4) is 0 Å². The first-order valence-corrected chi connectivity index (χ1v) is 7.73. The van der Waals surface area contributed by atoms with Crippen LogP contribution in [0.1, 0.15) is 19.4 Å². The van der Waals surface area contributed by atoms with Crippen LogP contribution in [0.15, 0.2) is 48.5 Å². The van der Waals surface area contributed by atoms with E-state index in [1.54, 1.807) is 6.08 Å². The Balaban J connectivity index is 1.79. The number of hydrogen-bond donors (Lipinski definition) is 0. The van der Waals surface area contributed by atoms with E-state index in [-0.39, 0.29) is 18.1 Å². The number of carbonyl (C=O) groups is 1. The third-order valence-corrected chi connectivity index (χ3v) is 3.96. The number of carbonyl (C=O) groups excluding carboxylic acids is 1. The Labute approximate surface area is 131 Å². The molecule has 22 heavy (non-hydrogen) atoms. The van der Waals surface area contributed by atoms with Gasteiger partial charge in [0.15, 0.2) is 0 Å². The van der Waals surface area contributed by atoms with Crippen molar-refractivity contribution in [1.82, 2.24) is 4.90 Å². The monoisotopic (exact) mass is 295 g/mol. The summed E-state index contributed by atoms with van der Waals surface area (Å²) in [5, 5.41) is 2.35. The van der Waals surface area contributed by atoms with Gasteiger partial charge in [-0.3, -0.25) is 4.79 Å². The number of amides is 1. The molecule has 2 aromatic rings. The number of rotatable bonds is 2. The molecule has 114 valence electrons. The molecular weight excluding hydrogens is 274 g/mol. The number of fused-ring (bicyclic) bond motifs is 1. The Kier molecular flexibility index (Phi) is 4.25. The number of ether oxygens (including phenoxy) is 1. The largest absolute Gasteiger partial charge is 0.372 e. The normalized spacial score (nSPS) is 22.4. The maximum Gasteiger partial charge on any atom is 0.246 e. The van der Waals surface area contributed by atoms with E-state index < -0.39 is 0 Å². The lowest BCUT2D eigenvalue weighted by atomic mass is 10.0. The van der Waals surface area contributed by atoms with E-state index in [1.165, 1.54) is 5.39 Å². The molecule has 0 saturated carbocycles. The summed E-state index contributed by atoms with van der Waals surface area (Å²) in [5.74, 6) is 0.0509. The molecule has 2 aromatic carbocycles. The Bertz CT molecular complexity index is 692. The van der Waals surface area contributed by atoms with E-state index in [2.05, 4.69) is 18.2 Å². The van der Waals surface area contributed by atoms with Crippen LogP contribution in [0.25, 0.3) is 16.8 Å². The van der Waals surface area contributed by atoms with Gasteiger partial charge in [0.25, 0.3) is 0 Å². The summed E-state index contributed by atoms with van der Waals surface area (Å²) in [6.45, 7) is 5.32. The summed E-state index contributed by atoms with van der Waals surface area (Å²) >= 11 is 0. The molecule has 1 amide bonds. The van der Waals surface area contributed by atoms with E-state index in [1.807, 2.05) is 49.1 Å². The van der Waals surface area contributed by atoms with Crippen LogP contribution in [0.4, 0.5) is 0 Å². The Morgan fingerprint density at radius 1 is 1.09 bits per heavy atom. The topological polar surface area (TPSA) is 29.5 Å². The molecule has 1 heterocycles. The van der Waals surface area contributed by atoms with Gasteiger partial charge >= 0.3 is 0 Å². The fourth-order valence-corrected chi connectivity index (χ4v) is 3.02. The lowest BCUT2D eigenvalue weighted by Gasteiger charge is -2.34. The van der Waals surface area contributed by atoms with Crippen molar-refractivity contribution in [3.05, 3.63) is 54.1 Å². The molecule has 1 saturated heterocycles. The van der Waals surface area contributed by atoms with Crippen molar-refractivity contribution < 1.29 is 9.53 Å². The predicted octanol–water partition coefficient (Wildman–Crippen LogP) is 3.49. The predicted molar refractivity (Wildman–Crippen MR) is 89.6 cm³/mol. The quantitative estimate of drug-likeness (QED) is 0.794. The van der Waals surface area contributed by atoms with E-state index >= 15 is 0 Å². The second kappa shape index (κ2) is 6.32. The highest BCUT2D eigenvalue weighted by molar-refractivity contribution is 5.96. The van der Waals surface area contributed by atoms with Crippen molar-refractivity contribution in [3.63, 3.8) is 0 Å². The van der Waals surface area contributed by atoms with Crippen molar-refractivity contribution in [3.8, 4) is 0 Å². The van der Waals surface area contributed by atoms with Crippen molar-refractivity contribution in [2.24, 2.45) is 0 Å². The Morgan fingerprint density at radius 2 is 1.77 bits per heavy atom. The van der Waals surface area contributed by atoms with Crippen LogP contribution in [-0.4, -0.2) is 36.1 Å². The number of morpholine rings is 1. The molecule has 2 atom stereocenters. The van der Waals surface area contributed by atoms with Gasteiger partial charge in [-0.1, -0.05) is 42.5 Å². The maximum atomic E-state index is 12.4. The second-order valence-corrected chi connectivity index (χ2v) is 5.90. The minimum absolute atomic E-state index is 0.0509. The smallest absolute Gasteiger partial charge is 0.246 e. The zero-order valence-corrected chi connectivity index (χ0v) is 13.0. The zero-order valence-electron chi connectivity index (χ0n) is 13.0. The summed E-state index contributed by atoms with van der Waals surface area (Å²) in [4.78, 5) is 14.2. The Hall–Kier alpha value is -2.13. The number of hydrogen-bond acceptors (Lipinski definition) is 2. The van der Waals surface area contributed by atoms with E-state index in [0.29, 0.717) is 13.1 Å². The molecule has 0 aromatic heterocycles. The first kappa shape index (κ1) is 14.8. The molecular formula is C19H21NO2. The molecule has 0 radical (unpaired) electrons. The van der Waals surface area contributed by atoms with Gasteiger partial charge < -0.3 is 9.64 Å². The highest BCUT2D eigenvalue weighted by Crippen LogP contribution is 2.20. The van der Waals surface area contributed by atoms with E-state index in [4.69, 9.17) is 4.74 Å². The highest BCUT2D eigenvalue weighted by atomic mass is 16.5. The third kappa shape index (κ3) is 3.20. The van der Waals surface area contributed by atoms with Crippen molar-refractivity contribution >= 4 is 22.8 Å². The fourth-order valence-electron chi connectivity index (χ4n) is 3.02. The van der Waals surface area contributed by atoms with Gasteiger partial charge in [0, 0.05) is 19.2 Å². The first-order chi connectivity index (χ1) is 10.6. The van der Waals surface area contributed by atoms with E-state index in [9.17, 15) is 4.79 Å². The fraction of sp³-hybridized carbons (Fsp3) is 0.316. The average Bonchev–Trinajstić information content (AvgIpc) is 2.51. The SMILES string of the molecule is C[C@@H]1CN(C(=O)/C=C/c2cccc3ccccc23)C[C@@H](C)O1. The number of nitrogens with zero attached hydrogens (tertiary/aromatic N) is 1. The second-order valence-electron chi connectivity index (χ2n) is 5.90. The van der Waals surface area contributed by atoms with Gasteiger partial charge in [-0.15, -0.1) is 0 Å². The third-order valence-electron chi connectivity index (χ3n) is 3.96. The molecule has 0 bridgehead atoms. The first-order valence-electron chi connectivity index (χ1n) is 7.73. The molecule has 3 heteroatoms. The van der Waals surface area contributed by atoms with Gasteiger partial charge in [-0.05, 0) is 36.3 Å². The standard InChI is InChI=1S/C19H21NO2/c1-14-12-20(13-15(2)22-14)19(21)11-10-17-8-5-7-16-6-3-4-9-18(16)17/h3-11,14-15H,12-13H2,1-2H3/b11-10+/t14-,15-/m1/s1. The zero-order chi connectivity index (χ0) is 15.5. The van der Waals surface area contributed by atoms with E-state index in [0.717, 1.165) is 10.9 Å². The van der Waals surface area contributed by atoms with Crippen LogP contribution in [0, 0.1) is 0 Å². The van der Waals surface area contributed by atoms with Gasteiger partial charge in [-0.2, -0.15) is 0 Å². The van der Waals surface area contributed by atoms with Crippen LogP contribution in [-0.2, 0) is 9.53 Å². The summed E-state index contributed by atoms with van der Waals surface area (Å²) < 4.78 is 5.67. The van der Waals surface area contributed by atoms with Crippen molar-refractivity contribution in [2.75, 3.05) is 13.1 Å². The van der Waals surface area contributed by atoms with Crippen LogP contribution >= 0.6 is 0 Å². The van der Waals surface area contributed by atoms with Crippen molar-refractivity contribution in [1.29, 1.82) is 0 Å². The van der Waals surface area contributed by atoms with Crippen LogP contribution < -0.4 is 0 Å². The number of benzene rings is 2. The summed E-state index contributed by atoms with van der Waals surface area (Å²) in [5.41, 5.74) is 1.07. The van der Waals surface area contributed by atoms with Crippen LogP contribution in [0.2, 0.25) is 0 Å². The summed E-state index contributed by atoms with van der Waals surface area (Å²) in [7, 11) is 0. The molecule has 1 aliphatic heterocycles. The molecule has 3 rings (SSSR count). The minimum atomic E-state index is 0.0509. The minimum Gasteiger partial charge on any atom is -0.372 e. The summed E-state index contributed by atoms with van der Waals surface area (Å²) in [6.07, 6.45) is 3.78. The lowest BCUT2D eigenvalue weighted by Crippen LogP contribution is -2.47. The van der Waals surface area contributed by atoms with Gasteiger partial charge in [-0.25, -0.2) is 0 Å². The highest BCUT2D eigenvalue weighted by Gasteiger charge is 2.24. The van der Waals surface area contributed by atoms with Crippen LogP contribution in [0.5, 0.6) is 0 Å². The molecule has 0 aliphatic carbocycles. The maximum absolute atomic E-state index is 12.4. The molecule has 0 spiro atoms. The molecule has 1 aliphatic rings.